The van der Waals surface area contributed by atoms with Gasteiger partial charge in [0.25, 0.3) is 0 Å². The molecule has 0 amide bonds. The molecule has 2 aliphatic carbocycles. The molecule has 0 radical (unpaired) electrons. The maximum absolute atomic E-state index is 11.4. The van der Waals surface area contributed by atoms with Gasteiger partial charge in [0, 0.05) is 18.1 Å². The topological polar surface area (TPSA) is 46.5 Å². The predicted molar refractivity (Wildman–Crippen MR) is 109 cm³/mol. The lowest BCUT2D eigenvalue weighted by Gasteiger charge is -2.56. The van der Waals surface area contributed by atoms with Crippen LogP contribution in [0.5, 0.6) is 0 Å². The summed E-state index contributed by atoms with van der Waals surface area (Å²) < 4.78 is 5.28. The highest BCUT2D eigenvalue weighted by molar-refractivity contribution is 5.85. The smallest absolute Gasteiger partial charge is 0.331 e. The fourth-order valence-corrected chi connectivity index (χ4v) is 5.91. The average Bonchev–Trinajstić information content (AvgIpc) is 3.00. The fourth-order valence-electron chi connectivity index (χ4n) is 5.91. The lowest BCUT2D eigenvalue weighted by molar-refractivity contribution is -0.138. The Hall–Kier alpha value is -1.35. The van der Waals surface area contributed by atoms with Crippen LogP contribution in [0.4, 0.5) is 0 Å². The van der Waals surface area contributed by atoms with E-state index in [1.54, 1.807) is 0 Å². The van der Waals surface area contributed by atoms with Crippen LogP contribution < -0.4 is 0 Å². The van der Waals surface area contributed by atoms with E-state index in [0.717, 1.165) is 12.3 Å². The number of hydrogen-bond donors (Lipinski definition) is 1. The number of carbonyl (C=O) groups excluding carboxylic acids is 1. The Morgan fingerprint density at radius 3 is 2.89 bits per heavy atom. The molecule has 0 aromatic rings. The predicted octanol–water partition coefficient (Wildman–Crippen LogP) is 5.50. The van der Waals surface area contributed by atoms with Gasteiger partial charge >= 0.3 is 5.97 Å². The Bertz CT molecular complexity index is 659. The molecule has 3 aliphatic rings. The molecule has 0 aromatic heterocycles. The van der Waals surface area contributed by atoms with Crippen molar-refractivity contribution in [3.05, 3.63) is 35.5 Å². The Morgan fingerprint density at radius 2 is 2.15 bits per heavy atom. The van der Waals surface area contributed by atoms with Gasteiger partial charge < -0.3 is 9.84 Å². The largest absolute Gasteiger partial charge is 0.454 e. The minimum absolute atomic E-state index is 0.106. The number of allylic oxidation sites excluding steroid dienone is 2. The number of rotatable bonds is 6. The summed E-state index contributed by atoms with van der Waals surface area (Å²) >= 11 is 0. The van der Waals surface area contributed by atoms with Gasteiger partial charge in [-0.2, -0.15) is 0 Å². The van der Waals surface area contributed by atoms with E-state index in [2.05, 4.69) is 33.4 Å². The van der Waals surface area contributed by atoms with Crippen molar-refractivity contribution in [1.82, 2.24) is 0 Å². The van der Waals surface area contributed by atoms with E-state index in [-0.39, 0.29) is 18.7 Å². The highest BCUT2D eigenvalue weighted by Gasteiger charge is 2.50. The number of aliphatic hydroxyl groups is 1. The Kier molecular flexibility index (Phi) is 6.00. The first-order valence-electron chi connectivity index (χ1n) is 10.6. The number of aliphatic hydroxyl groups excluding tert-OH is 1. The molecule has 2 saturated carbocycles. The number of ether oxygens (including phenoxy) is 1. The zero-order valence-electron chi connectivity index (χ0n) is 17.4. The van der Waals surface area contributed by atoms with Crippen LogP contribution in [-0.2, 0) is 9.53 Å². The second-order valence-corrected chi connectivity index (χ2v) is 9.56. The molecule has 0 spiro atoms. The zero-order valence-corrected chi connectivity index (χ0v) is 17.4. The van der Waals surface area contributed by atoms with E-state index in [1.165, 1.54) is 62.2 Å². The molecule has 4 atom stereocenters. The number of esters is 1. The van der Waals surface area contributed by atoms with Crippen LogP contribution in [0.2, 0.25) is 0 Å². The molecule has 0 bridgehead atoms. The molecule has 1 aliphatic heterocycles. The van der Waals surface area contributed by atoms with Gasteiger partial charge in [0.15, 0.2) is 0 Å². The van der Waals surface area contributed by atoms with Crippen LogP contribution in [0.3, 0.4) is 0 Å². The minimum Gasteiger partial charge on any atom is -0.454 e. The summed E-state index contributed by atoms with van der Waals surface area (Å²) in [4.78, 5) is 11.4. The molecule has 3 heteroatoms. The Morgan fingerprint density at radius 1 is 1.37 bits per heavy atom. The first-order chi connectivity index (χ1) is 12.8. The minimum atomic E-state index is -0.332. The third-order valence-corrected chi connectivity index (χ3v) is 7.76. The van der Waals surface area contributed by atoms with E-state index >= 15 is 0 Å². The van der Waals surface area contributed by atoms with Crippen molar-refractivity contribution in [3.63, 3.8) is 0 Å². The maximum atomic E-state index is 11.4. The maximum Gasteiger partial charge on any atom is 0.331 e. The van der Waals surface area contributed by atoms with Crippen LogP contribution in [0.25, 0.3) is 0 Å². The van der Waals surface area contributed by atoms with Crippen LogP contribution in [0.15, 0.2) is 35.5 Å². The normalized spacial score (nSPS) is 37.0. The number of cyclic esters (lactones) is 1. The third-order valence-electron chi connectivity index (χ3n) is 7.76. The Balaban J connectivity index is 1.60. The zero-order chi connectivity index (χ0) is 19.7. The SMILES string of the molecule is C=C1CCC[C@H]2[C@](C)(CCC(C)=CC[C@H]3OC(=O)C=C3CO)CCC[C@]12C. The molecular weight excluding hydrogens is 336 g/mol. The Labute approximate surface area is 164 Å². The van der Waals surface area contributed by atoms with Crippen molar-refractivity contribution in [1.29, 1.82) is 0 Å². The van der Waals surface area contributed by atoms with Crippen molar-refractivity contribution in [2.24, 2.45) is 16.7 Å². The van der Waals surface area contributed by atoms with Crippen LogP contribution in [0, 0.1) is 16.7 Å². The number of hydrogen-bond acceptors (Lipinski definition) is 3. The summed E-state index contributed by atoms with van der Waals surface area (Å²) in [6.45, 7) is 11.5. The molecule has 0 unspecified atom stereocenters. The molecule has 150 valence electrons. The summed E-state index contributed by atoms with van der Waals surface area (Å²) in [5, 5.41) is 9.35. The van der Waals surface area contributed by atoms with Gasteiger partial charge in [-0.05, 0) is 68.6 Å². The molecular formula is C24H36O3. The van der Waals surface area contributed by atoms with Gasteiger partial charge in [0.2, 0.25) is 0 Å². The van der Waals surface area contributed by atoms with Gasteiger partial charge in [-0.1, -0.05) is 44.1 Å². The molecule has 0 aromatic carbocycles. The van der Waals surface area contributed by atoms with Crippen LogP contribution >= 0.6 is 0 Å². The first-order valence-corrected chi connectivity index (χ1v) is 10.6. The van der Waals surface area contributed by atoms with E-state index in [4.69, 9.17) is 4.74 Å². The standard InChI is InChI=1S/C24H36O3/c1-17(9-10-20-19(16-25)15-22(26)27-20)11-14-23(3)12-6-13-24(4)18(2)7-5-8-21(23)24/h9,15,20-21,25H,2,5-8,10-14,16H2,1,3-4H3/t20-,21+,23+,24-/m1/s1. The van der Waals surface area contributed by atoms with Crippen LogP contribution in [-0.4, -0.2) is 23.8 Å². The highest BCUT2D eigenvalue weighted by atomic mass is 16.5. The lowest BCUT2D eigenvalue weighted by Crippen LogP contribution is -2.46. The summed E-state index contributed by atoms with van der Waals surface area (Å²) in [5.41, 5.74) is 4.27. The van der Waals surface area contributed by atoms with Gasteiger partial charge in [0.05, 0.1) is 6.61 Å². The van der Waals surface area contributed by atoms with Gasteiger partial charge in [0.1, 0.15) is 6.10 Å². The second-order valence-electron chi connectivity index (χ2n) is 9.56. The van der Waals surface area contributed by atoms with Crippen molar-refractivity contribution in [3.8, 4) is 0 Å². The van der Waals surface area contributed by atoms with Gasteiger partial charge in [-0.3, -0.25) is 0 Å². The molecule has 3 nitrogen and oxygen atoms in total. The monoisotopic (exact) mass is 372 g/mol. The van der Waals surface area contributed by atoms with E-state index in [1.807, 2.05) is 0 Å². The van der Waals surface area contributed by atoms with E-state index in [0.29, 0.717) is 22.8 Å². The fraction of sp³-hybridized carbons (Fsp3) is 0.708. The summed E-state index contributed by atoms with van der Waals surface area (Å²) in [7, 11) is 0. The molecule has 1 heterocycles. The second kappa shape index (κ2) is 7.95. The first kappa shape index (κ1) is 20.4. The summed E-state index contributed by atoms with van der Waals surface area (Å²) in [6, 6.07) is 0. The number of carbonyl (C=O) groups is 1. The van der Waals surface area contributed by atoms with Gasteiger partial charge in [-0.15, -0.1) is 0 Å². The summed E-state index contributed by atoms with van der Waals surface area (Å²) in [6.07, 6.45) is 14.1. The summed E-state index contributed by atoms with van der Waals surface area (Å²) in [5.74, 6) is 0.425. The van der Waals surface area contributed by atoms with Crippen LogP contribution in [0.1, 0.15) is 78.6 Å². The quantitative estimate of drug-likeness (QED) is 0.495. The number of fused-ring (bicyclic) bond motifs is 1. The van der Waals surface area contributed by atoms with Gasteiger partial charge in [-0.25, -0.2) is 4.79 Å². The molecule has 2 fully saturated rings. The van der Waals surface area contributed by atoms with Crippen molar-refractivity contribution in [2.45, 2.75) is 84.7 Å². The highest BCUT2D eigenvalue weighted by Crippen LogP contribution is 2.60. The molecule has 3 rings (SSSR count). The van der Waals surface area contributed by atoms with E-state index in [9.17, 15) is 9.90 Å². The lowest BCUT2D eigenvalue weighted by atomic mass is 9.49. The molecule has 27 heavy (non-hydrogen) atoms. The third kappa shape index (κ3) is 4.08. The van der Waals surface area contributed by atoms with Crippen molar-refractivity contribution in [2.75, 3.05) is 6.61 Å². The van der Waals surface area contributed by atoms with E-state index < -0.39 is 0 Å². The van der Waals surface area contributed by atoms with Crippen molar-refractivity contribution < 1.29 is 14.6 Å². The molecule has 1 N–H and O–H groups in total. The average molecular weight is 373 g/mol. The molecule has 0 saturated heterocycles. The van der Waals surface area contributed by atoms with Crippen molar-refractivity contribution >= 4 is 5.97 Å².